The molecule has 5 nitrogen and oxygen atoms in total. The normalized spacial score (nSPS) is 18.2. The predicted octanol–water partition coefficient (Wildman–Crippen LogP) is 3.96. The van der Waals surface area contributed by atoms with Crippen LogP contribution in [-0.2, 0) is 4.79 Å². The van der Waals surface area contributed by atoms with E-state index in [4.69, 9.17) is 5.26 Å². The minimum atomic E-state index is -0.697. The Morgan fingerprint density at radius 3 is 2.60 bits per heavy atom. The van der Waals surface area contributed by atoms with Gasteiger partial charge in [-0.05, 0) is 54.5 Å². The van der Waals surface area contributed by atoms with Crippen LogP contribution in [0.4, 0.5) is 8.78 Å². The van der Waals surface area contributed by atoms with Crippen molar-refractivity contribution < 1.29 is 13.6 Å². The quantitative estimate of drug-likeness (QED) is 0.827. The topological polar surface area (TPSA) is 68.5 Å². The molecule has 2 aromatic rings. The largest absolute Gasteiger partial charge is 0.360 e. The van der Waals surface area contributed by atoms with Gasteiger partial charge in [0.1, 0.15) is 17.8 Å². The van der Waals surface area contributed by atoms with Crippen LogP contribution in [0.25, 0.3) is 11.3 Å². The van der Waals surface area contributed by atoms with Gasteiger partial charge in [0, 0.05) is 23.4 Å². The van der Waals surface area contributed by atoms with E-state index in [1.807, 2.05) is 0 Å². The number of carbonyl (C=O) groups is 1. The van der Waals surface area contributed by atoms with Gasteiger partial charge in [0.2, 0.25) is 0 Å². The molecule has 0 aromatic heterocycles. The fraction of sp³-hybridized carbons (Fsp3) is 0.0870. The highest BCUT2D eigenvalue weighted by Gasteiger charge is 2.28. The van der Waals surface area contributed by atoms with Gasteiger partial charge in [-0.25, -0.2) is 13.8 Å². The molecular weight excluding hydrogens is 386 g/mol. The molecule has 1 atom stereocenters. The van der Waals surface area contributed by atoms with Gasteiger partial charge in [-0.1, -0.05) is 18.2 Å². The fourth-order valence-corrected chi connectivity index (χ4v) is 3.25. The van der Waals surface area contributed by atoms with Gasteiger partial charge in [-0.3, -0.25) is 4.79 Å². The average molecular weight is 402 g/mol. The first kappa shape index (κ1) is 19.3. The first-order valence-corrected chi connectivity index (χ1v) is 9.17. The summed E-state index contributed by atoms with van der Waals surface area (Å²) in [6.07, 6.45) is 5.74. The van der Waals surface area contributed by atoms with Crippen LogP contribution in [0.15, 0.2) is 71.9 Å². The number of carbonyl (C=O) groups excluding carboxylic acids is 1. The zero-order chi connectivity index (χ0) is 21.3. The molecule has 0 saturated heterocycles. The summed E-state index contributed by atoms with van der Waals surface area (Å²) in [4.78, 5) is 12.8. The number of rotatable bonds is 2. The van der Waals surface area contributed by atoms with Crippen molar-refractivity contribution in [2.24, 2.45) is 5.10 Å². The molecule has 0 fully saturated rings. The predicted molar refractivity (Wildman–Crippen MR) is 109 cm³/mol. The molecule has 4 rings (SSSR count). The molecule has 0 spiro atoms. The molecule has 1 N–H and O–H groups in total. The Morgan fingerprint density at radius 2 is 1.90 bits per heavy atom. The van der Waals surface area contributed by atoms with Crippen molar-refractivity contribution in [1.82, 2.24) is 10.3 Å². The van der Waals surface area contributed by atoms with Crippen LogP contribution in [0.3, 0.4) is 0 Å². The van der Waals surface area contributed by atoms with Crippen molar-refractivity contribution in [2.45, 2.75) is 13.1 Å². The summed E-state index contributed by atoms with van der Waals surface area (Å²) in [6, 6.07) is 12.2. The summed E-state index contributed by atoms with van der Waals surface area (Å²) in [7, 11) is 0. The highest BCUT2D eigenvalue weighted by atomic mass is 19.1. The lowest BCUT2D eigenvalue weighted by Crippen LogP contribution is -2.47. The third kappa shape index (κ3) is 3.76. The fourth-order valence-electron chi connectivity index (χ4n) is 3.25. The molecule has 2 aliphatic rings. The zero-order valence-electron chi connectivity index (χ0n) is 15.9. The van der Waals surface area contributed by atoms with E-state index in [0.29, 0.717) is 22.5 Å². The van der Waals surface area contributed by atoms with Gasteiger partial charge >= 0.3 is 0 Å². The van der Waals surface area contributed by atoms with Crippen LogP contribution in [0.2, 0.25) is 0 Å². The number of hydrogen-bond acceptors (Lipinski definition) is 4. The minimum absolute atomic E-state index is 0.214. The van der Waals surface area contributed by atoms with E-state index in [1.165, 1.54) is 23.2 Å². The molecule has 0 saturated carbocycles. The number of hydrogen-bond donors (Lipinski definition) is 1. The second kappa shape index (κ2) is 7.76. The third-order valence-electron chi connectivity index (χ3n) is 4.73. The summed E-state index contributed by atoms with van der Waals surface area (Å²) < 4.78 is 27.7. The molecule has 2 heterocycles. The lowest BCUT2D eigenvalue weighted by atomic mass is 10.0. The van der Waals surface area contributed by atoms with Crippen molar-refractivity contribution in [1.29, 1.82) is 5.26 Å². The van der Waals surface area contributed by atoms with Crippen molar-refractivity contribution in [3.63, 3.8) is 0 Å². The molecule has 148 valence electrons. The molecule has 0 bridgehead atoms. The van der Waals surface area contributed by atoms with E-state index in [1.54, 1.807) is 49.4 Å². The highest BCUT2D eigenvalue weighted by molar-refractivity contribution is 6.01. The van der Waals surface area contributed by atoms with Crippen molar-refractivity contribution in [3.8, 4) is 6.07 Å². The molecule has 1 amide bonds. The molecule has 30 heavy (non-hydrogen) atoms. The number of hydrazone groups is 1. The maximum absolute atomic E-state index is 14.4. The Bertz CT molecular complexity index is 1190. The average Bonchev–Trinajstić information content (AvgIpc) is 2.72. The van der Waals surface area contributed by atoms with Crippen LogP contribution >= 0.6 is 0 Å². The van der Waals surface area contributed by atoms with Crippen LogP contribution in [0.5, 0.6) is 0 Å². The van der Waals surface area contributed by atoms with Crippen LogP contribution in [0.1, 0.15) is 23.6 Å². The SMILES string of the molecule is CC1=NN2C(=O)C=C(c3ccc(C#N)cc3)NC2C=C(c2ccc(F)cc2F)C=C1. The molecule has 2 aliphatic heterocycles. The van der Waals surface area contributed by atoms with E-state index in [-0.39, 0.29) is 11.5 Å². The summed E-state index contributed by atoms with van der Waals surface area (Å²) in [5.74, 6) is -1.71. The van der Waals surface area contributed by atoms with Gasteiger partial charge in [0.05, 0.1) is 17.3 Å². The number of halogens is 2. The standard InChI is InChI=1S/C23H16F2N4O/c1-14-2-5-17(19-9-8-18(24)11-20(19)25)10-22-27-21(12-23(30)29(22)28-14)16-6-3-15(13-26)4-7-16/h2-12,22,27H,1H3. The number of amides is 1. The number of fused-ring (bicyclic) bond motifs is 1. The summed E-state index contributed by atoms with van der Waals surface area (Å²) in [6.45, 7) is 1.73. The second-order valence-electron chi connectivity index (χ2n) is 6.84. The summed E-state index contributed by atoms with van der Waals surface area (Å²) in [5.41, 5.74) is 3.04. The van der Waals surface area contributed by atoms with E-state index in [9.17, 15) is 13.6 Å². The van der Waals surface area contributed by atoms with Crippen LogP contribution in [0, 0.1) is 23.0 Å². The Morgan fingerprint density at radius 1 is 1.13 bits per heavy atom. The number of nitrogens with one attached hydrogen (secondary N) is 1. The molecule has 1 unspecified atom stereocenters. The second-order valence-corrected chi connectivity index (χ2v) is 6.84. The van der Waals surface area contributed by atoms with Gasteiger partial charge < -0.3 is 5.32 Å². The van der Waals surface area contributed by atoms with E-state index < -0.39 is 17.8 Å². The molecule has 7 heteroatoms. The van der Waals surface area contributed by atoms with E-state index >= 15 is 0 Å². The first-order valence-electron chi connectivity index (χ1n) is 9.17. The monoisotopic (exact) mass is 402 g/mol. The van der Waals surface area contributed by atoms with E-state index in [2.05, 4.69) is 16.5 Å². The highest BCUT2D eigenvalue weighted by Crippen LogP contribution is 2.26. The van der Waals surface area contributed by atoms with Crippen molar-refractivity contribution in [3.05, 3.63) is 95.1 Å². The Hall–Kier alpha value is -4.05. The maximum Gasteiger partial charge on any atom is 0.271 e. The van der Waals surface area contributed by atoms with Crippen LogP contribution in [-0.4, -0.2) is 22.8 Å². The zero-order valence-corrected chi connectivity index (χ0v) is 15.9. The summed E-state index contributed by atoms with van der Waals surface area (Å²) in [5, 5.41) is 17.8. The smallest absolute Gasteiger partial charge is 0.271 e. The minimum Gasteiger partial charge on any atom is -0.360 e. The molecule has 2 aromatic carbocycles. The summed E-state index contributed by atoms with van der Waals surface area (Å²) >= 11 is 0. The van der Waals surface area contributed by atoms with Gasteiger partial charge in [0.25, 0.3) is 5.91 Å². The lowest BCUT2D eigenvalue weighted by Gasteiger charge is -2.32. The first-order chi connectivity index (χ1) is 14.4. The lowest BCUT2D eigenvalue weighted by molar-refractivity contribution is -0.128. The molecule has 0 radical (unpaired) electrons. The van der Waals surface area contributed by atoms with Crippen molar-refractivity contribution >= 4 is 22.9 Å². The molecular formula is C23H16F2N4O. The maximum atomic E-state index is 14.4. The van der Waals surface area contributed by atoms with Gasteiger partial charge in [0.15, 0.2) is 0 Å². The Labute approximate surface area is 171 Å². The Balaban J connectivity index is 1.76. The Kier molecular flexibility index (Phi) is 4.98. The third-order valence-corrected chi connectivity index (χ3v) is 4.73. The number of benzene rings is 2. The van der Waals surface area contributed by atoms with E-state index in [0.717, 1.165) is 11.6 Å². The number of allylic oxidation sites excluding steroid dienone is 3. The number of nitriles is 1. The molecule has 0 aliphatic carbocycles. The van der Waals surface area contributed by atoms with Crippen LogP contribution < -0.4 is 5.32 Å². The number of nitrogens with zero attached hydrogens (tertiary/aromatic N) is 3. The van der Waals surface area contributed by atoms with Gasteiger partial charge in [-0.15, -0.1) is 0 Å². The van der Waals surface area contributed by atoms with Gasteiger partial charge in [-0.2, -0.15) is 10.4 Å². The van der Waals surface area contributed by atoms with Crippen molar-refractivity contribution in [2.75, 3.05) is 0 Å².